The molecule has 0 saturated heterocycles. The van der Waals surface area contributed by atoms with Crippen LogP contribution < -0.4 is 11.1 Å². The maximum absolute atomic E-state index is 11.6. The molecule has 0 bridgehead atoms. The van der Waals surface area contributed by atoms with Gasteiger partial charge in [-0.1, -0.05) is 0 Å². The second-order valence-electron chi connectivity index (χ2n) is 2.84. The average molecular weight is 290 g/mol. The van der Waals surface area contributed by atoms with E-state index >= 15 is 0 Å². The van der Waals surface area contributed by atoms with Gasteiger partial charge in [-0.3, -0.25) is 4.79 Å². The van der Waals surface area contributed by atoms with Gasteiger partial charge in [0.2, 0.25) is 0 Å². The van der Waals surface area contributed by atoms with E-state index in [9.17, 15) is 4.79 Å². The number of nitrogens with one attached hydrogen (secondary N) is 1. The lowest BCUT2D eigenvalue weighted by atomic mass is 10.2. The van der Waals surface area contributed by atoms with Crippen molar-refractivity contribution in [2.24, 2.45) is 0 Å². The van der Waals surface area contributed by atoms with Crippen LogP contribution in [0.1, 0.15) is 10.4 Å². The summed E-state index contributed by atoms with van der Waals surface area (Å²) in [6, 6.07) is 1.66. The van der Waals surface area contributed by atoms with E-state index in [1.807, 2.05) is 6.26 Å². The summed E-state index contributed by atoms with van der Waals surface area (Å²) in [5.74, 6) is 0.947. The molecule has 15 heavy (non-hydrogen) atoms. The fraction of sp³-hybridized carbons (Fsp3) is 0.333. The van der Waals surface area contributed by atoms with Crippen LogP contribution in [0.15, 0.2) is 16.7 Å². The Labute approximate surface area is 101 Å². The standard InChI is InChI=1S/C9H12BrN3OS/c1-15-3-2-12-9(14)7-4-6(10)5-13-8(7)11/h4-5H,2-3H2,1H3,(H2,11,13)(H,12,14). The van der Waals surface area contributed by atoms with Crippen molar-refractivity contribution in [1.29, 1.82) is 0 Å². The van der Waals surface area contributed by atoms with E-state index < -0.39 is 0 Å². The van der Waals surface area contributed by atoms with E-state index in [1.165, 1.54) is 0 Å². The molecule has 0 radical (unpaired) electrons. The highest BCUT2D eigenvalue weighted by atomic mass is 79.9. The van der Waals surface area contributed by atoms with Gasteiger partial charge in [0, 0.05) is 23.0 Å². The summed E-state index contributed by atoms with van der Waals surface area (Å²) in [6.07, 6.45) is 3.55. The summed E-state index contributed by atoms with van der Waals surface area (Å²) in [6.45, 7) is 0.631. The molecule has 0 atom stereocenters. The van der Waals surface area contributed by atoms with Gasteiger partial charge in [-0.05, 0) is 28.3 Å². The molecule has 4 nitrogen and oxygen atoms in total. The monoisotopic (exact) mass is 289 g/mol. The molecule has 1 aromatic heterocycles. The van der Waals surface area contributed by atoms with Crippen LogP contribution in [0.4, 0.5) is 5.82 Å². The number of hydrogen-bond donors (Lipinski definition) is 2. The van der Waals surface area contributed by atoms with Crippen molar-refractivity contribution in [3.63, 3.8) is 0 Å². The quantitative estimate of drug-likeness (QED) is 0.825. The zero-order valence-electron chi connectivity index (χ0n) is 8.29. The molecule has 0 saturated carbocycles. The summed E-state index contributed by atoms with van der Waals surface area (Å²) < 4.78 is 0.742. The SMILES string of the molecule is CSCCNC(=O)c1cc(Br)cnc1N. The summed E-state index contributed by atoms with van der Waals surface area (Å²) in [7, 11) is 0. The predicted molar refractivity (Wildman–Crippen MR) is 67.1 cm³/mol. The number of rotatable bonds is 4. The molecule has 1 rings (SSSR count). The summed E-state index contributed by atoms with van der Waals surface area (Å²) >= 11 is 4.92. The molecule has 0 aromatic carbocycles. The molecule has 0 aliphatic rings. The number of thioether (sulfide) groups is 1. The lowest BCUT2D eigenvalue weighted by Crippen LogP contribution is -2.26. The first kappa shape index (κ1) is 12.3. The highest BCUT2D eigenvalue weighted by Crippen LogP contribution is 2.15. The highest BCUT2D eigenvalue weighted by Gasteiger charge is 2.10. The summed E-state index contributed by atoms with van der Waals surface area (Å²) in [4.78, 5) is 15.5. The van der Waals surface area contributed by atoms with E-state index in [4.69, 9.17) is 5.73 Å². The van der Waals surface area contributed by atoms with Gasteiger partial charge in [0.25, 0.3) is 5.91 Å². The second-order valence-corrected chi connectivity index (χ2v) is 4.74. The minimum Gasteiger partial charge on any atom is -0.383 e. The number of carbonyl (C=O) groups excluding carboxylic acids is 1. The molecule has 1 aromatic rings. The van der Waals surface area contributed by atoms with Crippen molar-refractivity contribution in [3.8, 4) is 0 Å². The number of hydrogen-bond acceptors (Lipinski definition) is 4. The summed E-state index contributed by atoms with van der Waals surface area (Å²) in [5, 5.41) is 2.77. The van der Waals surface area contributed by atoms with Gasteiger partial charge < -0.3 is 11.1 Å². The number of anilines is 1. The van der Waals surface area contributed by atoms with E-state index in [2.05, 4.69) is 26.2 Å². The van der Waals surface area contributed by atoms with Crippen LogP contribution in [-0.4, -0.2) is 29.4 Å². The third-order valence-electron chi connectivity index (χ3n) is 1.72. The topological polar surface area (TPSA) is 68.0 Å². The average Bonchev–Trinajstić information content (AvgIpc) is 2.22. The molecule has 1 amide bonds. The third-order valence-corrected chi connectivity index (χ3v) is 2.77. The van der Waals surface area contributed by atoms with Gasteiger partial charge >= 0.3 is 0 Å². The van der Waals surface area contributed by atoms with Crippen LogP contribution in [-0.2, 0) is 0 Å². The van der Waals surface area contributed by atoms with Crippen LogP contribution in [0, 0.1) is 0 Å². The van der Waals surface area contributed by atoms with Gasteiger partial charge in [0.1, 0.15) is 5.82 Å². The third kappa shape index (κ3) is 3.71. The van der Waals surface area contributed by atoms with Crippen molar-refractivity contribution in [2.75, 3.05) is 24.3 Å². The Kier molecular flexibility index (Phi) is 4.90. The number of amides is 1. The second kappa shape index (κ2) is 5.97. The van der Waals surface area contributed by atoms with Crippen molar-refractivity contribution < 1.29 is 4.79 Å². The molecular weight excluding hydrogens is 278 g/mol. The Morgan fingerprint density at radius 3 is 3.13 bits per heavy atom. The fourth-order valence-corrected chi connectivity index (χ4v) is 1.63. The molecule has 3 N–H and O–H groups in total. The van der Waals surface area contributed by atoms with Gasteiger partial charge in [0.15, 0.2) is 0 Å². The Bertz CT molecular complexity index is 359. The largest absolute Gasteiger partial charge is 0.383 e. The first-order valence-corrected chi connectivity index (χ1v) is 6.52. The molecule has 0 unspecified atom stereocenters. The lowest BCUT2D eigenvalue weighted by molar-refractivity contribution is 0.0956. The van der Waals surface area contributed by atoms with Crippen LogP contribution in [0.5, 0.6) is 0 Å². The molecular formula is C9H12BrN3OS. The smallest absolute Gasteiger partial charge is 0.255 e. The van der Waals surface area contributed by atoms with Crippen molar-refractivity contribution in [1.82, 2.24) is 10.3 Å². The lowest BCUT2D eigenvalue weighted by Gasteiger charge is -2.06. The van der Waals surface area contributed by atoms with Crippen LogP contribution in [0.2, 0.25) is 0 Å². The van der Waals surface area contributed by atoms with Crippen LogP contribution in [0.25, 0.3) is 0 Å². The molecule has 0 aliphatic carbocycles. The van der Waals surface area contributed by atoms with Gasteiger partial charge in [-0.25, -0.2) is 4.98 Å². The zero-order valence-corrected chi connectivity index (χ0v) is 10.7. The first-order valence-electron chi connectivity index (χ1n) is 4.33. The number of nitrogen functional groups attached to an aromatic ring is 1. The number of pyridine rings is 1. The summed E-state index contributed by atoms with van der Waals surface area (Å²) in [5.41, 5.74) is 6.00. The van der Waals surface area contributed by atoms with Crippen LogP contribution >= 0.6 is 27.7 Å². The van der Waals surface area contributed by atoms with E-state index in [1.54, 1.807) is 24.0 Å². The normalized spacial score (nSPS) is 10.0. The zero-order chi connectivity index (χ0) is 11.3. The van der Waals surface area contributed by atoms with Crippen molar-refractivity contribution >= 4 is 39.4 Å². The molecule has 0 fully saturated rings. The fourth-order valence-electron chi connectivity index (χ4n) is 0.994. The minimum absolute atomic E-state index is 0.185. The number of nitrogens with zero attached hydrogens (tertiary/aromatic N) is 1. The first-order chi connectivity index (χ1) is 7.15. The number of aromatic nitrogens is 1. The van der Waals surface area contributed by atoms with Crippen LogP contribution in [0.3, 0.4) is 0 Å². The maximum Gasteiger partial charge on any atom is 0.255 e. The Hall–Kier alpha value is -0.750. The molecule has 82 valence electrons. The minimum atomic E-state index is -0.185. The Morgan fingerprint density at radius 1 is 1.73 bits per heavy atom. The number of halogens is 1. The molecule has 0 spiro atoms. The number of carbonyl (C=O) groups is 1. The van der Waals surface area contributed by atoms with Crippen molar-refractivity contribution in [2.45, 2.75) is 0 Å². The number of nitrogens with two attached hydrogens (primary N) is 1. The molecule has 1 heterocycles. The predicted octanol–water partition coefficient (Wildman–Crippen LogP) is 1.52. The van der Waals surface area contributed by atoms with Gasteiger partial charge in [-0.15, -0.1) is 0 Å². The molecule has 6 heteroatoms. The van der Waals surface area contributed by atoms with Gasteiger partial charge in [-0.2, -0.15) is 11.8 Å². The van der Waals surface area contributed by atoms with E-state index in [0.29, 0.717) is 12.1 Å². The van der Waals surface area contributed by atoms with Crippen molar-refractivity contribution in [3.05, 3.63) is 22.3 Å². The van der Waals surface area contributed by atoms with E-state index in [0.717, 1.165) is 10.2 Å². The Balaban J connectivity index is 2.68. The highest BCUT2D eigenvalue weighted by molar-refractivity contribution is 9.10. The molecule has 0 aliphatic heterocycles. The van der Waals surface area contributed by atoms with E-state index in [-0.39, 0.29) is 11.7 Å². The van der Waals surface area contributed by atoms with Gasteiger partial charge in [0.05, 0.1) is 5.56 Å². The Morgan fingerprint density at radius 2 is 2.47 bits per heavy atom. The maximum atomic E-state index is 11.6.